The number of benzene rings is 2. The van der Waals surface area contributed by atoms with Crippen LogP contribution in [0.5, 0.6) is 0 Å². The van der Waals surface area contributed by atoms with Gasteiger partial charge in [-0.1, -0.05) is 18.2 Å². The molecule has 2 aromatic carbocycles. The third-order valence-corrected chi connectivity index (χ3v) is 5.34. The molecule has 0 saturated carbocycles. The van der Waals surface area contributed by atoms with Crippen molar-refractivity contribution in [3.05, 3.63) is 59.2 Å². The first kappa shape index (κ1) is 18.0. The molecule has 2 rings (SSSR count). The van der Waals surface area contributed by atoms with Crippen LogP contribution in [0.3, 0.4) is 0 Å². The Morgan fingerprint density at radius 3 is 2.50 bits per heavy atom. The Kier molecular flexibility index (Phi) is 5.29. The lowest BCUT2D eigenvalue weighted by molar-refractivity contribution is 0.0802. The minimum Gasteiger partial charge on any atom is -0.342 e. The van der Waals surface area contributed by atoms with Crippen molar-refractivity contribution in [2.75, 3.05) is 18.3 Å². The topological polar surface area (TPSA) is 66.5 Å². The van der Waals surface area contributed by atoms with Crippen LogP contribution in [0.1, 0.15) is 28.4 Å². The Labute approximate surface area is 143 Å². The molecule has 6 heteroatoms. The summed E-state index contributed by atoms with van der Waals surface area (Å²) in [5.74, 6) is -0.148. The van der Waals surface area contributed by atoms with Gasteiger partial charge in [0.2, 0.25) is 0 Å². The number of hydrogen-bond donors (Lipinski definition) is 1. The average Bonchev–Trinajstić information content (AvgIpc) is 2.55. The molecule has 5 nitrogen and oxygen atoms in total. The van der Waals surface area contributed by atoms with Crippen LogP contribution in [-0.2, 0) is 10.0 Å². The van der Waals surface area contributed by atoms with Gasteiger partial charge in [-0.25, -0.2) is 8.42 Å². The summed E-state index contributed by atoms with van der Waals surface area (Å²) < 4.78 is 27.8. The minimum atomic E-state index is -3.71. The van der Waals surface area contributed by atoms with Crippen molar-refractivity contribution in [1.29, 1.82) is 0 Å². The van der Waals surface area contributed by atoms with Gasteiger partial charge in [-0.3, -0.25) is 9.52 Å². The molecule has 0 aliphatic carbocycles. The number of rotatable bonds is 5. The maximum Gasteiger partial charge on any atom is 0.262 e. The van der Waals surface area contributed by atoms with E-state index in [4.69, 9.17) is 0 Å². The molecule has 0 unspecified atom stereocenters. The van der Waals surface area contributed by atoms with Crippen molar-refractivity contribution in [2.45, 2.75) is 25.7 Å². The molecule has 0 fully saturated rings. The normalized spacial score (nSPS) is 11.2. The van der Waals surface area contributed by atoms with Gasteiger partial charge in [0.1, 0.15) is 0 Å². The zero-order chi connectivity index (χ0) is 17.9. The van der Waals surface area contributed by atoms with Crippen LogP contribution in [0.4, 0.5) is 5.69 Å². The molecule has 24 heavy (non-hydrogen) atoms. The number of sulfonamides is 1. The second-order valence-corrected chi connectivity index (χ2v) is 7.43. The van der Waals surface area contributed by atoms with E-state index in [0.717, 1.165) is 5.56 Å². The molecule has 0 atom stereocenters. The summed E-state index contributed by atoms with van der Waals surface area (Å²) in [6.45, 7) is 6.06. The molecule has 0 bridgehead atoms. The summed E-state index contributed by atoms with van der Waals surface area (Å²) in [4.78, 5) is 14.0. The summed E-state index contributed by atoms with van der Waals surface area (Å²) in [7, 11) is -2.01. The van der Waals surface area contributed by atoms with Crippen LogP contribution in [0.2, 0.25) is 0 Å². The summed E-state index contributed by atoms with van der Waals surface area (Å²) >= 11 is 0. The molecule has 0 heterocycles. The predicted molar refractivity (Wildman–Crippen MR) is 95.8 cm³/mol. The Morgan fingerprint density at radius 2 is 1.83 bits per heavy atom. The van der Waals surface area contributed by atoms with E-state index in [9.17, 15) is 13.2 Å². The molecular weight excluding hydrogens is 324 g/mol. The van der Waals surface area contributed by atoms with Gasteiger partial charge < -0.3 is 4.90 Å². The van der Waals surface area contributed by atoms with Crippen LogP contribution in [0.15, 0.2) is 47.4 Å². The smallest absolute Gasteiger partial charge is 0.262 e. The molecule has 0 aliphatic heterocycles. The molecular formula is C18H22N2O3S. The van der Waals surface area contributed by atoms with Crippen molar-refractivity contribution in [3.8, 4) is 0 Å². The number of nitrogens with zero attached hydrogens (tertiary/aromatic N) is 1. The van der Waals surface area contributed by atoms with E-state index in [1.807, 2.05) is 19.9 Å². The van der Waals surface area contributed by atoms with E-state index in [2.05, 4.69) is 4.72 Å². The average molecular weight is 346 g/mol. The fourth-order valence-electron chi connectivity index (χ4n) is 2.29. The van der Waals surface area contributed by atoms with Crippen molar-refractivity contribution in [2.24, 2.45) is 0 Å². The fourth-order valence-corrected chi connectivity index (χ4v) is 3.67. The van der Waals surface area contributed by atoms with E-state index in [-0.39, 0.29) is 10.8 Å². The van der Waals surface area contributed by atoms with Gasteiger partial charge in [0, 0.05) is 24.8 Å². The number of nitrogens with one attached hydrogen (secondary N) is 1. The number of carbonyl (C=O) groups is 1. The highest BCUT2D eigenvalue weighted by molar-refractivity contribution is 7.92. The Hall–Kier alpha value is -2.34. The number of aryl methyl sites for hydroxylation is 2. The standard InChI is InChI=1S/C18H22N2O3S/c1-5-20(4)18(21)15-7-6-8-16(12-15)19-24(22,23)17-11-13(2)9-10-14(17)3/h6-12,19H,5H2,1-4H3. The lowest BCUT2D eigenvalue weighted by Crippen LogP contribution is -2.26. The molecule has 1 N–H and O–H groups in total. The van der Waals surface area contributed by atoms with Crippen LogP contribution >= 0.6 is 0 Å². The van der Waals surface area contributed by atoms with Crippen molar-refractivity contribution in [1.82, 2.24) is 4.90 Å². The molecule has 0 aromatic heterocycles. The summed E-state index contributed by atoms with van der Waals surface area (Å²) in [6, 6.07) is 11.8. The van der Waals surface area contributed by atoms with E-state index < -0.39 is 10.0 Å². The molecule has 0 aliphatic rings. The highest BCUT2D eigenvalue weighted by atomic mass is 32.2. The van der Waals surface area contributed by atoms with Gasteiger partial charge in [-0.15, -0.1) is 0 Å². The summed E-state index contributed by atoms with van der Waals surface area (Å²) in [5, 5.41) is 0. The van der Waals surface area contributed by atoms with E-state index >= 15 is 0 Å². The van der Waals surface area contributed by atoms with Crippen LogP contribution < -0.4 is 4.72 Å². The first-order chi connectivity index (χ1) is 11.2. The van der Waals surface area contributed by atoms with E-state index in [1.54, 1.807) is 55.3 Å². The van der Waals surface area contributed by atoms with Crippen molar-refractivity contribution >= 4 is 21.6 Å². The Balaban J connectivity index is 2.34. The highest BCUT2D eigenvalue weighted by Gasteiger charge is 2.18. The van der Waals surface area contributed by atoms with Gasteiger partial charge in [0.15, 0.2) is 0 Å². The maximum atomic E-state index is 12.6. The zero-order valence-electron chi connectivity index (χ0n) is 14.3. The summed E-state index contributed by atoms with van der Waals surface area (Å²) in [5.41, 5.74) is 2.35. The Morgan fingerprint density at radius 1 is 1.12 bits per heavy atom. The van der Waals surface area contributed by atoms with Crippen molar-refractivity contribution < 1.29 is 13.2 Å². The Bertz CT molecular complexity index is 860. The zero-order valence-corrected chi connectivity index (χ0v) is 15.1. The molecule has 0 radical (unpaired) electrons. The van der Waals surface area contributed by atoms with Crippen LogP contribution in [-0.4, -0.2) is 32.8 Å². The highest BCUT2D eigenvalue weighted by Crippen LogP contribution is 2.21. The third-order valence-electron chi connectivity index (χ3n) is 3.82. The van der Waals surface area contributed by atoms with Crippen LogP contribution in [0, 0.1) is 13.8 Å². The third kappa shape index (κ3) is 3.94. The number of amides is 1. The van der Waals surface area contributed by atoms with Gasteiger partial charge in [-0.05, 0) is 56.2 Å². The molecule has 0 spiro atoms. The van der Waals surface area contributed by atoms with Crippen LogP contribution in [0.25, 0.3) is 0 Å². The minimum absolute atomic E-state index is 0.148. The number of carbonyl (C=O) groups excluding carboxylic acids is 1. The largest absolute Gasteiger partial charge is 0.342 e. The van der Waals surface area contributed by atoms with Gasteiger partial charge in [-0.2, -0.15) is 0 Å². The second kappa shape index (κ2) is 7.05. The first-order valence-corrected chi connectivity index (χ1v) is 9.18. The van der Waals surface area contributed by atoms with Gasteiger partial charge in [0.25, 0.3) is 15.9 Å². The van der Waals surface area contributed by atoms with Gasteiger partial charge >= 0.3 is 0 Å². The molecule has 1 amide bonds. The quantitative estimate of drug-likeness (QED) is 0.904. The molecule has 2 aromatic rings. The lowest BCUT2D eigenvalue weighted by Gasteiger charge is -2.16. The van der Waals surface area contributed by atoms with Gasteiger partial charge in [0.05, 0.1) is 4.90 Å². The van der Waals surface area contributed by atoms with E-state index in [1.165, 1.54) is 0 Å². The predicted octanol–water partition coefficient (Wildman–Crippen LogP) is 3.20. The monoisotopic (exact) mass is 346 g/mol. The molecule has 0 saturated heterocycles. The number of anilines is 1. The second-order valence-electron chi connectivity index (χ2n) is 5.77. The van der Waals surface area contributed by atoms with Crippen molar-refractivity contribution in [3.63, 3.8) is 0 Å². The first-order valence-electron chi connectivity index (χ1n) is 7.70. The lowest BCUT2D eigenvalue weighted by atomic mass is 10.2. The van der Waals surface area contributed by atoms with E-state index in [0.29, 0.717) is 23.4 Å². The fraction of sp³-hybridized carbons (Fsp3) is 0.278. The summed E-state index contributed by atoms with van der Waals surface area (Å²) in [6.07, 6.45) is 0. The SMILES string of the molecule is CCN(C)C(=O)c1cccc(NS(=O)(=O)c2cc(C)ccc2C)c1. The maximum absolute atomic E-state index is 12.6. The molecule has 128 valence electrons. The number of hydrogen-bond acceptors (Lipinski definition) is 3.